The molecule has 3 N–H and O–H groups in total. The predicted molar refractivity (Wildman–Crippen MR) is 80.8 cm³/mol. The molecule has 12 heteroatoms. The van der Waals surface area contributed by atoms with E-state index in [0.717, 1.165) is 31.6 Å². The molecule has 154 valence electrons. The summed E-state index contributed by atoms with van der Waals surface area (Å²) in [5.41, 5.74) is 0.193. The number of benzene rings is 1. The van der Waals surface area contributed by atoms with Crippen molar-refractivity contribution in [2.45, 2.75) is 31.9 Å². The van der Waals surface area contributed by atoms with Gasteiger partial charge in [0.15, 0.2) is 0 Å². The van der Waals surface area contributed by atoms with Gasteiger partial charge in [-0.1, -0.05) is 6.92 Å². The van der Waals surface area contributed by atoms with Crippen molar-refractivity contribution in [3.05, 3.63) is 24.0 Å². The number of halogens is 7. The number of carbonyl (C=O) groups is 1. The summed E-state index contributed by atoms with van der Waals surface area (Å²) in [5.74, 6) is -3.75. The van der Waals surface area contributed by atoms with Gasteiger partial charge in [0.1, 0.15) is 11.6 Å². The van der Waals surface area contributed by atoms with Crippen molar-refractivity contribution >= 4 is 11.7 Å². The first-order chi connectivity index (χ1) is 12.3. The van der Waals surface area contributed by atoms with Gasteiger partial charge < -0.3 is 20.5 Å². The van der Waals surface area contributed by atoms with Gasteiger partial charge in [-0.25, -0.2) is 9.18 Å². The maximum atomic E-state index is 13.8. The number of aliphatic carboxylic acids is 1. The van der Waals surface area contributed by atoms with E-state index in [1.165, 1.54) is 6.07 Å². The van der Waals surface area contributed by atoms with Crippen LogP contribution in [0.4, 0.5) is 36.4 Å². The first-order valence-corrected chi connectivity index (χ1v) is 7.62. The van der Waals surface area contributed by atoms with Crippen molar-refractivity contribution in [2.75, 3.05) is 18.4 Å². The number of hydrogen-bond acceptors (Lipinski definition) is 4. The van der Waals surface area contributed by atoms with Crippen molar-refractivity contribution in [3.63, 3.8) is 0 Å². The summed E-state index contributed by atoms with van der Waals surface area (Å²) in [7, 11) is 0. The van der Waals surface area contributed by atoms with Crippen molar-refractivity contribution in [1.82, 2.24) is 5.32 Å². The number of carboxylic acids is 1. The fourth-order valence-corrected chi connectivity index (χ4v) is 2.24. The Hall–Kier alpha value is -2.24. The lowest BCUT2D eigenvalue weighted by molar-refractivity contribution is -0.274. The minimum atomic E-state index is -5.08. The first-order valence-electron chi connectivity index (χ1n) is 7.62. The number of nitrogens with one attached hydrogen (secondary N) is 2. The molecule has 27 heavy (non-hydrogen) atoms. The molecule has 1 fully saturated rings. The number of alkyl halides is 6. The van der Waals surface area contributed by atoms with Gasteiger partial charge in [0.05, 0.1) is 5.69 Å². The zero-order valence-electron chi connectivity index (χ0n) is 13.9. The van der Waals surface area contributed by atoms with Crippen LogP contribution in [0.3, 0.4) is 0 Å². The molecule has 0 bridgehead atoms. The topological polar surface area (TPSA) is 70.6 Å². The van der Waals surface area contributed by atoms with Gasteiger partial charge in [0.25, 0.3) is 0 Å². The quantitative estimate of drug-likeness (QED) is 0.667. The Bertz CT molecular complexity index is 635. The van der Waals surface area contributed by atoms with E-state index in [0.29, 0.717) is 5.92 Å². The van der Waals surface area contributed by atoms with Gasteiger partial charge in [0, 0.05) is 12.1 Å². The Labute approximate surface area is 149 Å². The summed E-state index contributed by atoms with van der Waals surface area (Å²) < 4.78 is 85.3. The number of piperidine rings is 1. The molecule has 0 aliphatic carbocycles. The summed E-state index contributed by atoms with van der Waals surface area (Å²) in [5, 5.41) is 13.4. The Kier molecular flexibility index (Phi) is 7.69. The Morgan fingerprint density at radius 3 is 2.30 bits per heavy atom. The molecule has 2 unspecified atom stereocenters. The third-order valence-electron chi connectivity index (χ3n) is 3.54. The molecule has 1 aromatic carbocycles. The van der Waals surface area contributed by atoms with Crippen LogP contribution in [-0.2, 0) is 4.79 Å². The van der Waals surface area contributed by atoms with Crippen LogP contribution < -0.4 is 15.4 Å². The Morgan fingerprint density at radius 2 is 1.85 bits per heavy atom. The SMILES string of the molecule is CC1CNCCC1Nc1ccc(OC(F)(F)F)cc1F.O=C(O)C(F)(F)F. The van der Waals surface area contributed by atoms with Gasteiger partial charge in [-0.15, -0.1) is 13.2 Å². The molecule has 0 spiro atoms. The first kappa shape index (κ1) is 22.8. The lowest BCUT2D eigenvalue weighted by Crippen LogP contribution is -2.42. The Morgan fingerprint density at radius 1 is 1.26 bits per heavy atom. The summed E-state index contributed by atoms with van der Waals surface area (Å²) >= 11 is 0. The monoisotopic (exact) mass is 406 g/mol. The minimum absolute atomic E-state index is 0.0973. The van der Waals surface area contributed by atoms with E-state index < -0.39 is 30.1 Å². The maximum absolute atomic E-state index is 13.8. The van der Waals surface area contributed by atoms with Crippen LogP contribution >= 0.6 is 0 Å². The van der Waals surface area contributed by atoms with E-state index in [2.05, 4.69) is 15.4 Å². The van der Waals surface area contributed by atoms with Gasteiger partial charge in [0.2, 0.25) is 0 Å². The molecule has 0 radical (unpaired) electrons. The highest BCUT2D eigenvalue weighted by Crippen LogP contribution is 2.27. The second-order valence-electron chi connectivity index (χ2n) is 5.71. The average molecular weight is 406 g/mol. The molecule has 1 heterocycles. The zero-order valence-corrected chi connectivity index (χ0v) is 13.9. The molecule has 1 aliphatic rings. The van der Waals surface area contributed by atoms with Gasteiger partial charge in [-0.2, -0.15) is 13.2 Å². The highest BCUT2D eigenvalue weighted by atomic mass is 19.4. The lowest BCUT2D eigenvalue weighted by atomic mass is 9.95. The molecule has 0 saturated carbocycles. The molecule has 0 amide bonds. The van der Waals surface area contributed by atoms with Gasteiger partial charge >= 0.3 is 18.5 Å². The van der Waals surface area contributed by atoms with Crippen LogP contribution in [0.1, 0.15) is 13.3 Å². The van der Waals surface area contributed by atoms with E-state index in [1.807, 2.05) is 6.92 Å². The average Bonchev–Trinajstić information content (AvgIpc) is 2.50. The van der Waals surface area contributed by atoms with Crippen LogP contribution in [-0.4, -0.2) is 42.7 Å². The summed E-state index contributed by atoms with van der Waals surface area (Å²) in [6.45, 7) is 3.69. The zero-order chi connectivity index (χ0) is 20.8. The van der Waals surface area contributed by atoms with E-state index in [-0.39, 0.29) is 11.7 Å². The molecule has 5 nitrogen and oxygen atoms in total. The van der Waals surface area contributed by atoms with Crippen LogP contribution in [0.15, 0.2) is 18.2 Å². The molecule has 2 atom stereocenters. The predicted octanol–water partition coefficient (Wildman–Crippen LogP) is 3.77. The number of anilines is 1. The highest BCUT2D eigenvalue weighted by molar-refractivity contribution is 5.73. The summed E-state index contributed by atoms with van der Waals surface area (Å²) in [6.07, 6.45) is -9.06. The minimum Gasteiger partial charge on any atom is -0.475 e. The fraction of sp³-hybridized carbons (Fsp3) is 0.533. The van der Waals surface area contributed by atoms with E-state index >= 15 is 0 Å². The van der Waals surface area contributed by atoms with E-state index in [9.17, 15) is 30.7 Å². The van der Waals surface area contributed by atoms with Crippen molar-refractivity contribution in [2.24, 2.45) is 5.92 Å². The summed E-state index contributed by atoms with van der Waals surface area (Å²) in [6, 6.07) is 3.21. The second kappa shape index (κ2) is 9.11. The van der Waals surface area contributed by atoms with Crippen LogP contribution in [0.2, 0.25) is 0 Å². The second-order valence-corrected chi connectivity index (χ2v) is 5.71. The van der Waals surface area contributed by atoms with Crippen LogP contribution in [0.5, 0.6) is 5.75 Å². The van der Waals surface area contributed by atoms with Crippen molar-refractivity contribution in [3.8, 4) is 5.75 Å². The molecular weight excluding hydrogens is 389 g/mol. The molecule has 0 aromatic heterocycles. The number of ether oxygens (including phenoxy) is 1. The van der Waals surface area contributed by atoms with Crippen LogP contribution in [0, 0.1) is 11.7 Å². The van der Waals surface area contributed by atoms with Gasteiger partial charge in [-0.3, -0.25) is 0 Å². The largest absolute Gasteiger partial charge is 0.573 e. The maximum Gasteiger partial charge on any atom is 0.573 e. The van der Waals surface area contributed by atoms with Gasteiger partial charge in [-0.05, 0) is 37.6 Å². The fourth-order valence-electron chi connectivity index (χ4n) is 2.24. The molecule has 2 rings (SSSR count). The number of carboxylic acid groups (broad SMARTS) is 1. The molecule has 1 aliphatic heterocycles. The third-order valence-corrected chi connectivity index (χ3v) is 3.54. The normalized spacial score (nSPS) is 20.3. The highest BCUT2D eigenvalue weighted by Gasteiger charge is 2.38. The van der Waals surface area contributed by atoms with Crippen molar-refractivity contribution in [1.29, 1.82) is 0 Å². The standard InChI is InChI=1S/C13H16F4N2O.C2HF3O2/c1-8-7-18-5-4-11(8)19-12-3-2-9(6-10(12)14)20-13(15,16)17;3-2(4,5)1(6)7/h2-3,6,8,11,18-19H,4-5,7H2,1H3;(H,6,7). The molecule has 1 saturated heterocycles. The smallest absolute Gasteiger partial charge is 0.475 e. The number of hydrogen-bond donors (Lipinski definition) is 3. The van der Waals surface area contributed by atoms with Crippen LogP contribution in [0.25, 0.3) is 0 Å². The molecular formula is C15H17F7N2O3. The Balaban J connectivity index is 0.000000445. The van der Waals surface area contributed by atoms with E-state index in [4.69, 9.17) is 9.90 Å². The van der Waals surface area contributed by atoms with Crippen molar-refractivity contribution < 1.29 is 45.4 Å². The lowest BCUT2D eigenvalue weighted by Gasteiger charge is -2.31. The third kappa shape index (κ3) is 8.33. The van der Waals surface area contributed by atoms with E-state index in [1.54, 1.807) is 0 Å². The number of rotatable bonds is 3. The molecule has 1 aromatic rings. The summed E-state index contributed by atoms with van der Waals surface area (Å²) in [4.78, 5) is 8.90.